The van der Waals surface area contributed by atoms with Crippen LogP contribution in [0.3, 0.4) is 0 Å². The van der Waals surface area contributed by atoms with Crippen LogP contribution in [0.1, 0.15) is 5.56 Å². The standard InChI is InChI=1S/C6H8N4S/c1-10-5(8)4(3-7)6(9-10)11-2/h8H2,1-2H3. The van der Waals surface area contributed by atoms with Gasteiger partial charge in [0.2, 0.25) is 0 Å². The summed E-state index contributed by atoms with van der Waals surface area (Å²) in [6, 6.07) is 2.01. The number of nitriles is 1. The van der Waals surface area contributed by atoms with E-state index in [4.69, 9.17) is 11.0 Å². The fourth-order valence-electron chi connectivity index (χ4n) is 0.759. The van der Waals surface area contributed by atoms with E-state index in [2.05, 4.69) is 5.10 Å². The van der Waals surface area contributed by atoms with Crippen molar-refractivity contribution in [3.63, 3.8) is 0 Å². The quantitative estimate of drug-likeness (QED) is 0.623. The molecule has 1 rings (SSSR count). The molecule has 0 saturated heterocycles. The van der Waals surface area contributed by atoms with Crippen LogP contribution in [-0.2, 0) is 7.05 Å². The maximum absolute atomic E-state index is 8.65. The van der Waals surface area contributed by atoms with Crippen molar-refractivity contribution in [1.29, 1.82) is 5.26 Å². The maximum atomic E-state index is 8.65. The second-order valence-corrected chi connectivity index (χ2v) is 2.80. The van der Waals surface area contributed by atoms with E-state index in [1.165, 1.54) is 16.4 Å². The molecule has 1 heterocycles. The Kier molecular flexibility index (Phi) is 2.06. The lowest BCUT2D eigenvalue weighted by molar-refractivity contribution is 0.748. The number of aromatic nitrogens is 2. The van der Waals surface area contributed by atoms with Crippen molar-refractivity contribution in [2.75, 3.05) is 12.0 Å². The molecule has 1 aromatic heterocycles. The summed E-state index contributed by atoms with van der Waals surface area (Å²) in [5, 5.41) is 13.4. The fourth-order valence-corrected chi connectivity index (χ4v) is 1.32. The van der Waals surface area contributed by atoms with Crippen LogP contribution in [0.2, 0.25) is 0 Å². The SMILES string of the molecule is CSc1nn(C)c(N)c1C#N. The minimum atomic E-state index is 0.428. The molecule has 0 bridgehead atoms. The van der Waals surface area contributed by atoms with Crippen LogP contribution in [0.15, 0.2) is 5.03 Å². The second-order valence-electron chi connectivity index (χ2n) is 2.00. The van der Waals surface area contributed by atoms with Gasteiger partial charge in [-0.05, 0) is 6.26 Å². The first-order valence-corrected chi connectivity index (χ1v) is 4.19. The number of nitrogens with two attached hydrogens (primary N) is 1. The molecular formula is C6H8N4S. The van der Waals surface area contributed by atoms with Gasteiger partial charge in [-0.2, -0.15) is 10.4 Å². The topological polar surface area (TPSA) is 67.6 Å². The zero-order valence-corrected chi connectivity index (χ0v) is 7.14. The predicted molar refractivity (Wildman–Crippen MR) is 44.1 cm³/mol. The van der Waals surface area contributed by atoms with E-state index in [1.54, 1.807) is 7.05 Å². The first-order chi connectivity index (χ1) is 5.20. The lowest BCUT2D eigenvalue weighted by Gasteiger charge is -1.89. The molecule has 1 aromatic rings. The first-order valence-electron chi connectivity index (χ1n) is 2.97. The van der Waals surface area contributed by atoms with Gasteiger partial charge in [0.1, 0.15) is 22.5 Å². The van der Waals surface area contributed by atoms with Crippen molar-refractivity contribution in [1.82, 2.24) is 9.78 Å². The summed E-state index contributed by atoms with van der Waals surface area (Å²) in [4.78, 5) is 0. The fraction of sp³-hybridized carbons (Fsp3) is 0.333. The van der Waals surface area contributed by atoms with Crippen LogP contribution in [0.4, 0.5) is 5.82 Å². The predicted octanol–water partition coefficient (Wildman–Crippen LogP) is 0.596. The average molecular weight is 168 g/mol. The van der Waals surface area contributed by atoms with E-state index in [-0.39, 0.29) is 0 Å². The van der Waals surface area contributed by atoms with E-state index in [9.17, 15) is 0 Å². The molecule has 0 amide bonds. The van der Waals surface area contributed by atoms with E-state index >= 15 is 0 Å². The molecule has 0 saturated carbocycles. The third kappa shape index (κ3) is 1.17. The number of nitrogen functional groups attached to an aromatic ring is 1. The smallest absolute Gasteiger partial charge is 0.140 e. The Bertz CT molecular complexity index is 309. The van der Waals surface area contributed by atoms with Crippen molar-refractivity contribution in [3.8, 4) is 6.07 Å². The summed E-state index contributed by atoms with van der Waals surface area (Å²) in [6.07, 6.45) is 1.86. The third-order valence-corrected chi connectivity index (χ3v) is 2.04. The molecule has 0 aromatic carbocycles. The molecule has 0 spiro atoms. The van der Waals surface area contributed by atoms with Gasteiger partial charge in [-0.1, -0.05) is 0 Å². The lowest BCUT2D eigenvalue weighted by Crippen LogP contribution is -1.97. The van der Waals surface area contributed by atoms with Crippen molar-refractivity contribution >= 4 is 17.6 Å². The number of nitrogens with zero attached hydrogens (tertiary/aromatic N) is 3. The van der Waals surface area contributed by atoms with Gasteiger partial charge in [-0.15, -0.1) is 11.8 Å². The van der Waals surface area contributed by atoms with Crippen molar-refractivity contribution in [3.05, 3.63) is 5.56 Å². The minimum absolute atomic E-state index is 0.428. The lowest BCUT2D eigenvalue weighted by atomic mass is 10.4. The van der Waals surface area contributed by atoms with Crippen molar-refractivity contribution in [2.45, 2.75) is 5.03 Å². The summed E-state index contributed by atoms with van der Waals surface area (Å²) < 4.78 is 1.50. The molecule has 2 N–H and O–H groups in total. The van der Waals surface area contributed by atoms with E-state index in [0.717, 1.165) is 0 Å². The van der Waals surface area contributed by atoms with Gasteiger partial charge in [0.25, 0.3) is 0 Å². The summed E-state index contributed by atoms with van der Waals surface area (Å²) in [7, 11) is 1.72. The largest absolute Gasteiger partial charge is 0.383 e. The highest BCUT2D eigenvalue weighted by Gasteiger charge is 2.11. The van der Waals surface area contributed by atoms with Crippen LogP contribution in [-0.4, -0.2) is 16.0 Å². The van der Waals surface area contributed by atoms with Crippen LogP contribution >= 0.6 is 11.8 Å². The third-order valence-electron chi connectivity index (χ3n) is 1.36. The molecule has 0 aliphatic heterocycles. The van der Waals surface area contributed by atoms with Crippen molar-refractivity contribution < 1.29 is 0 Å². The van der Waals surface area contributed by atoms with E-state index < -0.39 is 0 Å². The molecular weight excluding hydrogens is 160 g/mol. The summed E-state index contributed by atoms with van der Waals surface area (Å²) in [5.74, 6) is 0.428. The molecule has 4 nitrogen and oxygen atoms in total. The number of hydrogen-bond acceptors (Lipinski definition) is 4. The molecule has 0 fully saturated rings. The number of hydrogen-bond donors (Lipinski definition) is 1. The normalized spacial score (nSPS) is 9.55. The Balaban J connectivity index is 3.29. The number of rotatable bonds is 1. The molecule has 0 unspecified atom stereocenters. The summed E-state index contributed by atoms with van der Waals surface area (Å²) >= 11 is 1.42. The Morgan fingerprint density at radius 2 is 2.36 bits per heavy atom. The Morgan fingerprint density at radius 3 is 2.73 bits per heavy atom. The Labute approximate surface area is 69.0 Å². The number of aryl methyl sites for hydroxylation is 1. The van der Waals surface area contributed by atoms with Crippen LogP contribution in [0, 0.1) is 11.3 Å². The Hall–Kier alpha value is -1.15. The van der Waals surface area contributed by atoms with Gasteiger partial charge in [0.05, 0.1) is 0 Å². The second kappa shape index (κ2) is 2.84. The van der Waals surface area contributed by atoms with E-state index in [1.807, 2.05) is 12.3 Å². The van der Waals surface area contributed by atoms with Crippen LogP contribution in [0.5, 0.6) is 0 Å². The number of thioether (sulfide) groups is 1. The molecule has 11 heavy (non-hydrogen) atoms. The highest BCUT2D eigenvalue weighted by molar-refractivity contribution is 7.98. The molecule has 0 radical (unpaired) electrons. The van der Waals surface area contributed by atoms with Gasteiger partial charge in [-0.3, -0.25) is 4.68 Å². The minimum Gasteiger partial charge on any atom is -0.383 e. The Morgan fingerprint density at radius 1 is 1.73 bits per heavy atom. The zero-order chi connectivity index (χ0) is 8.43. The van der Waals surface area contributed by atoms with E-state index in [0.29, 0.717) is 16.4 Å². The molecule has 58 valence electrons. The average Bonchev–Trinajstić information content (AvgIpc) is 2.28. The maximum Gasteiger partial charge on any atom is 0.140 e. The molecule has 0 atom stereocenters. The molecule has 0 aliphatic rings. The summed E-state index contributed by atoms with van der Waals surface area (Å²) in [5.41, 5.74) is 6.03. The monoisotopic (exact) mass is 168 g/mol. The van der Waals surface area contributed by atoms with Gasteiger partial charge >= 0.3 is 0 Å². The highest BCUT2D eigenvalue weighted by atomic mass is 32.2. The van der Waals surface area contributed by atoms with Gasteiger partial charge in [-0.25, -0.2) is 0 Å². The van der Waals surface area contributed by atoms with Gasteiger partial charge in [0, 0.05) is 7.05 Å². The van der Waals surface area contributed by atoms with Crippen LogP contribution in [0.25, 0.3) is 0 Å². The first kappa shape index (κ1) is 7.95. The van der Waals surface area contributed by atoms with Crippen LogP contribution < -0.4 is 5.73 Å². The zero-order valence-electron chi connectivity index (χ0n) is 6.33. The molecule has 0 aliphatic carbocycles. The van der Waals surface area contributed by atoms with Crippen molar-refractivity contribution in [2.24, 2.45) is 7.05 Å². The highest BCUT2D eigenvalue weighted by Crippen LogP contribution is 2.22. The van der Waals surface area contributed by atoms with Gasteiger partial charge in [0.15, 0.2) is 0 Å². The summed E-state index contributed by atoms with van der Waals surface area (Å²) in [6.45, 7) is 0. The number of anilines is 1. The van der Waals surface area contributed by atoms with Gasteiger partial charge < -0.3 is 5.73 Å². The molecule has 5 heteroatoms.